The van der Waals surface area contributed by atoms with Gasteiger partial charge in [-0.1, -0.05) is 13.8 Å². The molecule has 0 heterocycles. The van der Waals surface area contributed by atoms with Crippen LogP contribution in [0.3, 0.4) is 0 Å². The minimum Gasteiger partial charge on any atom is -0.324 e. The van der Waals surface area contributed by atoms with Gasteiger partial charge in [0, 0.05) is 32.7 Å². The fourth-order valence-corrected chi connectivity index (χ4v) is 0.753. The largest absolute Gasteiger partial charge is 0.324 e. The van der Waals surface area contributed by atoms with Gasteiger partial charge < -0.3 is 17.7 Å². The Labute approximate surface area is 100.0 Å². The number of hydrogen-bond donors (Lipinski definition) is 0. The summed E-state index contributed by atoms with van der Waals surface area (Å²) in [6, 6.07) is 11.0. The van der Waals surface area contributed by atoms with Crippen molar-refractivity contribution in [1.82, 2.24) is 0 Å². The molecule has 0 saturated heterocycles. The Hall–Kier alpha value is 0.0639. The second kappa shape index (κ2) is 6.57. The molecule has 0 fully saturated rings. The van der Waals surface area contributed by atoms with Crippen LogP contribution >= 0.6 is 0 Å². The van der Waals surface area contributed by atoms with Gasteiger partial charge >= 0.3 is 0 Å². The first-order valence-corrected chi connectivity index (χ1v) is 3.85. The third-order valence-electron chi connectivity index (χ3n) is 1.31. The third-order valence-corrected chi connectivity index (χ3v) is 1.31. The number of allylic oxidation sites excluding steroid dienone is 1. The summed E-state index contributed by atoms with van der Waals surface area (Å²) in [7, 11) is 0. The first-order valence-electron chi connectivity index (χ1n) is 3.85. The maximum Gasteiger partial charge on any atom is 0 e. The van der Waals surface area contributed by atoms with Crippen LogP contribution in [0.1, 0.15) is 19.4 Å². The second-order valence-electron chi connectivity index (χ2n) is 2.78. The number of hydrogen-bond acceptors (Lipinski definition) is 0. The Morgan fingerprint density at radius 3 is 2.67 bits per heavy atom. The van der Waals surface area contributed by atoms with E-state index in [0.29, 0.717) is 5.92 Å². The quantitative estimate of drug-likeness (QED) is 0.689. The molecule has 0 saturated carbocycles. The Bertz CT molecular complexity index is 224. The zero-order valence-corrected chi connectivity index (χ0v) is 10.4. The molecule has 1 aromatic carbocycles. The van der Waals surface area contributed by atoms with E-state index in [0.717, 1.165) is 5.56 Å². The molecule has 12 heavy (non-hydrogen) atoms. The molecule has 0 aliphatic rings. The van der Waals surface area contributed by atoms with Crippen molar-refractivity contribution in [3.8, 4) is 0 Å². The molecule has 0 aliphatic heterocycles. The summed E-state index contributed by atoms with van der Waals surface area (Å²) in [4.78, 5) is 0. The minimum atomic E-state index is 0. The predicted octanol–water partition coefficient (Wildman–Crippen LogP) is 2.96. The van der Waals surface area contributed by atoms with Crippen LogP contribution in [0.25, 0.3) is 6.08 Å². The molecule has 61 valence electrons. The van der Waals surface area contributed by atoms with Crippen molar-refractivity contribution in [2.75, 3.05) is 0 Å². The van der Waals surface area contributed by atoms with Gasteiger partial charge in [0.1, 0.15) is 0 Å². The normalized spacial score (nSPS) is 10.2. The molecule has 1 rings (SSSR count). The first kappa shape index (κ1) is 12.1. The van der Waals surface area contributed by atoms with Crippen LogP contribution in [0.4, 0.5) is 0 Å². The second-order valence-corrected chi connectivity index (χ2v) is 2.78. The fourth-order valence-electron chi connectivity index (χ4n) is 0.753. The summed E-state index contributed by atoms with van der Waals surface area (Å²) in [5.74, 6) is 0.489. The molecule has 1 radical (unpaired) electrons. The number of rotatable bonds is 2. The van der Waals surface area contributed by atoms with Crippen LogP contribution < -0.4 is 0 Å². The standard InChI is InChI=1S/C11H12.Y/c1-10(2)8-9-11-6-4-3-5-7-11;/h3-6,9-10H,1-2H3;/q-2;. The molecule has 0 aliphatic carbocycles. The minimum absolute atomic E-state index is 0. The molecule has 0 nitrogen and oxygen atoms in total. The van der Waals surface area contributed by atoms with Crippen LogP contribution in [0.5, 0.6) is 0 Å². The topological polar surface area (TPSA) is 0 Å². The average molecular weight is 233 g/mol. The molecule has 0 atom stereocenters. The van der Waals surface area contributed by atoms with E-state index in [-0.39, 0.29) is 32.7 Å². The Morgan fingerprint density at radius 1 is 1.42 bits per heavy atom. The van der Waals surface area contributed by atoms with Crippen LogP contribution in [0.15, 0.2) is 24.3 Å². The van der Waals surface area contributed by atoms with Gasteiger partial charge in [-0.05, 0) is 0 Å². The smallest absolute Gasteiger partial charge is 0 e. The van der Waals surface area contributed by atoms with Crippen molar-refractivity contribution in [2.24, 2.45) is 5.92 Å². The van der Waals surface area contributed by atoms with E-state index >= 15 is 0 Å². The first-order chi connectivity index (χ1) is 5.29. The summed E-state index contributed by atoms with van der Waals surface area (Å²) >= 11 is 0. The van der Waals surface area contributed by atoms with Crippen molar-refractivity contribution in [3.05, 3.63) is 42.0 Å². The molecule has 1 heteroatoms. The predicted molar refractivity (Wildman–Crippen MR) is 47.8 cm³/mol. The van der Waals surface area contributed by atoms with Gasteiger partial charge in [-0.3, -0.25) is 0 Å². The zero-order chi connectivity index (χ0) is 8.10. The van der Waals surface area contributed by atoms with Gasteiger partial charge in [0.25, 0.3) is 0 Å². The maximum atomic E-state index is 3.21. The van der Waals surface area contributed by atoms with Crippen molar-refractivity contribution in [2.45, 2.75) is 13.8 Å². The van der Waals surface area contributed by atoms with E-state index < -0.39 is 0 Å². The Kier molecular flexibility index (Phi) is 6.60. The van der Waals surface area contributed by atoms with Crippen molar-refractivity contribution in [3.63, 3.8) is 0 Å². The molecular formula is C11H12Y-2. The van der Waals surface area contributed by atoms with Gasteiger partial charge in [0.2, 0.25) is 0 Å². The van der Waals surface area contributed by atoms with E-state index in [1.54, 1.807) is 0 Å². The molecule has 0 spiro atoms. The van der Waals surface area contributed by atoms with E-state index in [4.69, 9.17) is 0 Å². The van der Waals surface area contributed by atoms with Crippen molar-refractivity contribution >= 4 is 6.08 Å². The molecule has 0 unspecified atom stereocenters. The molecule has 0 aromatic heterocycles. The monoisotopic (exact) mass is 233 g/mol. The van der Waals surface area contributed by atoms with Gasteiger partial charge in [-0.2, -0.15) is 12.1 Å². The zero-order valence-electron chi connectivity index (χ0n) is 7.54. The summed E-state index contributed by atoms with van der Waals surface area (Å²) in [6.45, 7) is 4.22. The molecule has 0 bridgehead atoms. The summed E-state index contributed by atoms with van der Waals surface area (Å²) in [5.41, 5.74) is 1.10. The van der Waals surface area contributed by atoms with E-state index in [1.807, 2.05) is 30.3 Å². The van der Waals surface area contributed by atoms with Gasteiger partial charge in [-0.25, -0.2) is 12.1 Å². The van der Waals surface area contributed by atoms with Gasteiger partial charge in [0.15, 0.2) is 0 Å². The van der Waals surface area contributed by atoms with Crippen LogP contribution in [0.2, 0.25) is 0 Å². The van der Waals surface area contributed by atoms with Crippen LogP contribution in [0, 0.1) is 18.1 Å². The van der Waals surface area contributed by atoms with E-state index in [1.165, 1.54) is 0 Å². The molecule has 0 amide bonds. The molecule has 1 aromatic rings. The van der Waals surface area contributed by atoms with Crippen LogP contribution in [-0.4, -0.2) is 0 Å². The van der Waals surface area contributed by atoms with E-state index in [9.17, 15) is 0 Å². The molecular weight excluding hydrogens is 221 g/mol. The van der Waals surface area contributed by atoms with Crippen molar-refractivity contribution in [1.29, 1.82) is 0 Å². The molecule has 0 N–H and O–H groups in total. The summed E-state index contributed by atoms with van der Waals surface area (Å²) in [6.07, 6.45) is 5.18. The average Bonchev–Trinajstić information content (AvgIpc) is 2.03. The Morgan fingerprint density at radius 2 is 2.17 bits per heavy atom. The third kappa shape index (κ3) is 4.84. The van der Waals surface area contributed by atoms with Crippen LogP contribution in [-0.2, 0) is 32.7 Å². The maximum absolute atomic E-state index is 3.21. The van der Waals surface area contributed by atoms with Crippen molar-refractivity contribution < 1.29 is 32.7 Å². The number of benzene rings is 1. The van der Waals surface area contributed by atoms with E-state index in [2.05, 4.69) is 26.0 Å². The van der Waals surface area contributed by atoms with Gasteiger partial charge in [0.05, 0.1) is 0 Å². The SMILES string of the molecule is CC(C)[C-]=Cc1[c-]cccc1.[Y]. The Balaban J connectivity index is 0.00000121. The summed E-state index contributed by atoms with van der Waals surface area (Å²) in [5, 5.41) is 0. The fraction of sp³-hybridized carbons (Fsp3) is 0.273. The van der Waals surface area contributed by atoms with Gasteiger partial charge in [-0.15, -0.1) is 12.0 Å². The summed E-state index contributed by atoms with van der Waals surface area (Å²) < 4.78 is 0.